The first kappa shape index (κ1) is 22.4. The van der Waals surface area contributed by atoms with Crippen molar-refractivity contribution in [1.29, 1.82) is 0 Å². The molecule has 1 saturated heterocycles. The van der Waals surface area contributed by atoms with Gasteiger partial charge in [0.1, 0.15) is 6.54 Å². The molecule has 1 aliphatic heterocycles. The van der Waals surface area contributed by atoms with E-state index in [1.807, 2.05) is 6.07 Å². The van der Waals surface area contributed by atoms with Crippen LogP contribution >= 0.6 is 0 Å². The van der Waals surface area contributed by atoms with Gasteiger partial charge in [0.25, 0.3) is 5.91 Å². The predicted molar refractivity (Wildman–Crippen MR) is 124 cm³/mol. The third-order valence-electron chi connectivity index (χ3n) is 8.60. The lowest BCUT2D eigenvalue weighted by molar-refractivity contribution is -0.154. The maximum atomic E-state index is 13.0. The zero-order valence-corrected chi connectivity index (χ0v) is 19.5. The third kappa shape index (κ3) is 5.10. The van der Waals surface area contributed by atoms with Crippen LogP contribution < -0.4 is 5.32 Å². The molecule has 0 atom stereocenters. The number of piperidine rings is 1. The highest BCUT2D eigenvalue weighted by molar-refractivity contribution is 5.87. The lowest BCUT2D eigenvalue weighted by Crippen LogP contribution is -2.54. The van der Waals surface area contributed by atoms with Crippen molar-refractivity contribution in [2.24, 2.45) is 29.1 Å². The second kappa shape index (κ2) is 9.47. The lowest BCUT2D eigenvalue weighted by Gasteiger charge is -2.55. The van der Waals surface area contributed by atoms with Gasteiger partial charge in [-0.25, -0.2) is 0 Å². The van der Waals surface area contributed by atoms with E-state index in [4.69, 9.17) is 4.74 Å². The van der Waals surface area contributed by atoms with Gasteiger partial charge in [-0.2, -0.15) is 0 Å². The number of carbonyl (C=O) groups is 3. The average molecular weight is 453 g/mol. The highest BCUT2D eigenvalue weighted by Crippen LogP contribution is 2.60. The van der Waals surface area contributed by atoms with Crippen molar-refractivity contribution >= 4 is 17.8 Å². The summed E-state index contributed by atoms with van der Waals surface area (Å²) in [5.74, 6) is 1.98. The minimum atomic E-state index is -0.527. The maximum Gasteiger partial charge on any atom is 0.325 e. The molecule has 0 aromatic heterocycles. The van der Waals surface area contributed by atoms with Crippen molar-refractivity contribution in [1.82, 2.24) is 10.2 Å². The van der Waals surface area contributed by atoms with E-state index >= 15 is 0 Å². The predicted octanol–water partition coefficient (Wildman–Crippen LogP) is 3.34. The van der Waals surface area contributed by atoms with Gasteiger partial charge in [-0.3, -0.25) is 14.4 Å². The molecular weight excluding hydrogens is 416 g/mol. The van der Waals surface area contributed by atoms with Crippen LogP contribution in [0.5, 0.6) is 0 Å². The summed E-state index contributed by atoms with van der Waals surface area (Å²) >= 11 is 0. The molecule has 0 radical (unpaired) electrons. The molecule has 2 amide bonds. The Morgan fingerprint density at radius 1 is 0.939 bits per heavy atom. The first-order chi connectivity index (χ1) is 16.0. The monoisotopic (exact) mass is 452 g/mol. The Labute approximate surface area is 196 Å². The van der Waals surface area contributed by atoms with E-state index in [2.05, 4.69) is 29.6 Å². The number of hydrogen-bond donors (Lipinski definition) is 1. The van der Waals surface area contributed by atoms with Crippen LogP contribution in [-0.2, 0) is 25.5 Å². The van der Waals surface area contributed by atoms with Crippen molar-refractivity contribution in [3.8, 4) is 0 Å². The molecule has 4 saturated carbocycles. The number of benzene rings is 1. The van der Waals surface area contributed by atoms with E-state index < -0.39 is 5.97 Å². The van der Waals surface area contributed by atoms with Gasteiger partial charge < -0.3 is 15.0 Å². The fraction of sp³-hybridized carbons (Fsp3) is 0.667. The SMILES string of the molecule is O=C(CNC(=O)C12CC3CC(CC(C3)C1)C2)OCC(=O)N1CCC(Cc2ccccc2)CC1. The molecule has 1 N–H and O–H groups in total. The van der Waals surface area contributed by atoms with Crippen LogP contribution in [-0.4, -0.2) is 48.9 Å². The van der Waals surface area contributed by atoms with E-state index in [9.17, 15) is 14.4 Å². The number of esters is 1. The molecule has 6 nitrogen and oxygen atoms in total. The summed E-state index contributed by atoms with van der Waals surface area (Å²) < 4.78 is 5.20. The van der Waals surface area contributed by atoms with Crippen LogP contribution in [0.3, 0.4) is 0 Å². The highest BCUT2D eigenvalue weighted by Gasteiger charge is 2.54. The van der Waals surface area contributed by atoms with E-state index in [0.29, 0.717) is 36.8 Å². The van der Waals surface area contributed by atoms with E-state index in [1.165, 1.54) is 24.8 Å². The molecule has 5 fully saturated rings. The number of hydrogen-bond acceptors (Lipinski definition) is 4. The summed E-state index contributed by atoms with van der Waals surface area (Å²) in [6, 6.07) is 10.5. The summed E-state index contributed by atoms with van der Waals surface area (Å²) in [6.07, 6.45) is 9.73. The number of likely N-dealkylation sites (tertiary alicyclic amines) is 1. The molecule has 178 valence electrons. The topological polar surface area (TPSA) is 75.7 Å². The van der Waals surface area contributed by atoms with Crippen LogP contribution in [0.15, 0.2) is 30.3 Å². The Hall–Kier alpha value is -2.37. The van der Waals surface area contributed by atoms with Crippen molar-refractivity contribution in [2.75, 3.05) is 26.2 Å². The van der Waals surface area contributed by atoms with Crippen molar-refractivity contribution in [2.45, 2.75) is 57.8 Å². The summed E-state index contributed by atoms with van der Waals surface area (Å²) in [4.78, 5) is 39.5. The van der Waals surface area contributed by atoms with Crippen LogP contribution in [0.25, 0.3) is 0 Å². The second-order valence-electron chi connectivity index (χ2n) is 11.1. The molecular formula is C27H36N2O4. The van der Waals surface area contributed by atoms with E-state index in [-0.39, 0.29) is 30.4 Å². The van der Waals surface area contributed by atoms with Gasteiger partial charge in [-0.05, 0) is 87.0 Å². The number of carbonyl (C=O) groups excluding carboxylic acids is 3. The summed E-state index contributed by atoms with van der Waals surface area (Å²) in [6.45, 7) is 1.02. The molecule has 4 bridgehead atoms. The van der Waals surface area contributed by atoms with Gasteiger partial charge in [0.2, 0.25) is 5.91 Å². The van der Waals surface area contributed by atoms with E-state index in [1.54, 1.807) is 4.90 Å². The number of ether oxygens (including phenoxy) is 1. The van der Waals surface area contributed by atoms with Gasteiger partial charge in [0.15, 0.2) is 6.61 Å². The molecule has 0 spiro atoms. The standard InChI is InChI=1S/C27H36N2O4/c30-24(29-8-6-20(7-9-29)10-19-4-2-1-3-5-19)18-33-25(31)17-28-26(32)27-14-21-11-22(15-27)13-23(12-21)16-27/h1-5,20-23H,6-18H2,(H,28,32). The molecule has 1 aromatic carbocycles. The van der Waals surface area contributed by atoms with Crippen molar-refractivity contribution in [3.05, 3.63) is 35.9 Å². The van der Waals surface area contributed by atoms with E-state index in [0.717, 1.165) is 38.5 Å². The maximum absolute atomic E-state index is 13.0. The first-order valence-electron chi connectivity index (χ1n) is 12.7. The number of nitrogens with one attached hydrogen (secondary N) is 1. The highest BCUT2D eigenvalue weighted by atomic mass is 16.5. The molecule has 6 rings (SSSR count). The minimum Gasteiger partial charge on any atom is -0.454 e. The zero-order chi connectivity index (χ0) is 22.8. The van der Waals surface area contributed by atoms with Gasteiger partial charge >= 0.3 is 5.97 Å². The zero-order valence-electron chi connectivity index (χ0n) is 19.5. The average Bonchev–Trinajstić information content (AvgIpc) is 2.81. The Bertz CT molecular complexity index is 840. The molecule has 33 heavy (non-hydrogen) atoms. The lowest BCUT2D eigenvalue weighted by atomic mass is 9.49. The van der Waals surface area contributed by atoms with Crippen LogP contribution in [0.4, 0.5) is 0 Å². The van der Waals surface area contributed by atoms with Crippen molar-refractivity contribution < 1.29 is 19.1 Å². The number of amides is 2. The fourth-order valence-electron chi connectivity index (χ4n) is 7.35. The number of rotatable bonds is 7. The van der Waals surface area contributed by atoms with Gasteiger partial charge in [0, 0.05) is 18.5 Å². The molecule has 6 heteroatoms. The largest absolute Gasteiger partial charge is 0.454 e. The quantitative estimate of drug-likeness (QED) is 0.644. The molecule has 1 heterocycles. The Morgan fingerprint density at radius 2 is 1.55 bits per heavy atom. The molecule has 5 aliphatic rings. The van der Waals surface area contributed by atoms with Crippen molar-refractivity contribution in [3.63, 3.8) is 0 Å². The Balaban J connectivity index is 1.01. The van der Waals surface area contributed by atoms with Gasteiger partial charge in [-0.15, -0.1) is 0 Å². The van der Waals surface area contributed by atoms with Gasteiger partial charge in [0.05, 0.1) is 0 Å². The first-order valence-corrected chi connectivity index (χ1v) is 12.7. The van der Waals surface area contributed by atoms with Gasteiger partial charge in [-0.1, -0.05) is 30.3 Å². The van der Waals surface area contributed by atoms with Crippen LogP contribution in [0.2, 0.25) is 0 Å². The summed E-state index contributed by atoms with van der Waals surface area (Å²) in [5.41, 5.74) is 1.07. The summed E-state index contributed by atoms with van der Waals surface area (Å²) in [7, 11) is 0. The Kier molecular flexibility index (Phi) is 6.44. The normalized spacial score (nSPS) is 30.8. The fourth-order valence-corrected chi connectivity index (χ4v) is 7.35. The smallest absolute Gasteiger partial charge is 0.325 e. The molecule has 1 aromatic rings. The summed E-state index contributed by atoms with van der Waals surface area (Å²) in [5, 5.41) is 2.83. The number of nitrogens with zero attached hydrogens (tertiary/aromatic N) is 1. The molecule has 0 unspecified atom stereocenters. The third-order valence-corrected chi connectivity index (χ3v) is 8.60. The minimum absolute atomic E-state index is 0.0189. The Morgan fingerprint density at radius 3 is 2.15 bits per heavy atom. The van der Waals surface area contributed by atoms with Crippen LogP contribution in [0, 0.1) is 29.1 Å². The van der Waals surface area contributed by atoms with Crippen LogP contribution in [0.1, 0.15) is 56.9 Å². The molecule has 4 aliphatic carbocycles. The second-order valence-corrected chi connectivity index (χ2v) is 11.1.